The van der Waals surface area contributed by atoms with Gasteiger partial charge in [-0.3, -0.25) is 4.98 Å². The standard InChI is InChI=1S/C22H21N5O3/c1-28-17-8-7-15(12-19(17)30-3)26-22-23-10-9-20(27-22)25-16-11-14-5-4-6-18(29-2)21(14)24-13-16/h4-13H,1-3H3,(H2,23,25,26,27). The zero-order valence-corrected chi connectivity index (χ0v) is 16.8. The summed E-state index contributed by atoms with van der Waals surface area (Å²) in [4.78, 5) is 13.3. The minimum absolute atomic E-state index is 0.447. The first-order chi connectivity index (χ1) is 14.7. The van der Waals surface area contributed by atoms with Crippen molar-refractivity contribution in [2.75, 3.05) is 32.0 Å². The second kappa shape index (κ2) is 8.52. The lowest BCUT2D eigenvalue weighted by molar-refractivity contribution is 0.355. The summed E-state index contributed by atoms with van der Waals surface area (Å²) in [5.41, 5.74) is 2.40. The quantitative estimate of drug-likeness (QED) is 0.465. The van der Waals surface area contributed by atoms with Gasteiger partial charge in [-0.15, -0.1) is 0 Å². The van der Waals surface area contributed by atoms with Crippen LogP contribution in [0.15, 0.2) is 60.9 Å². The highest BCUT2D eigenvalue weighted by Gasteiger charge is 2.08. The monoisotopic (exact) mass is 403 g/mol. The van der Waals surface area contributed by atoms with Crippen molar-refractivity contribution in [2.24, 2.45) is 0 Å². The Morgan fingerprint density at radius 1 is 0.733 bits per heavy atom. The fourth-order valence-electron chi connectivity index (χ4n) is 3.05. The van der Waals surface area contributed by atoms with E-state index >= 15 is 0 Å². The molecule has 30 heavy (non-hydrogen) atoms. The smallest absolute Gasteiger partial charge is 0.229 e. The molecule has 0 atom stereocenters. The van der Waals surface area contributed by atoms with Crippen LogP contribution in [-0.2, 0) is 0 Å². The summed E-state index contributed by atoms with van der Waals surface area (Å²) < 4.78 is 16.0. The largest absolute Gasteiger partial charge is 0.494 e. The maximum atomic E-state index is 5.36. The van der Waals surface area contributed by atoms with Crippen molar-refractivity contribution in [3.63, 3.8) is 0 Å². The lowest BCUT2D eigenvalue weighted by atomic mass is 10.2. The minimum Gasteiger partial charge on any atom is -0.494 e. The van der Waals surface area contributed by atoms with Crippen LogP contribution in [0.3, 0.4) is 0 Å². The van der Waals surface area contributed by atoms with Crippen molar-refractivity contribution in [3.8, 4) is 17.2 Å². The lowest BCUT2D eigenvalue weighted by Gasteiger charge is -2.11. The fourth-order valence-corrected chi connectivity index (χ4v) is 3.05. The Morgan fingerprint density at radius 3 is 2.37 bits per heavy atom. The van der Waals surface area contributed by atoms with Crippen LogP contribution in [0.1, 0.15) is 0 Å². The van der Waals surface area contributed by atoms with Crippen LogP contribution in [0, 0.1) is 0 Å². The summed E-state index contributed by atoms with van der Waals surface area (Å²) >= 11 is 0. The predicted octanol–water partition coefficient (Wildman–Crippen LogP) is 4.54. The van der Waals surface area contributed by atoms with Gasteiger partial charge in [0.2, 0.25) is 5.95 Å². The van der Waals surface area contributed by atoms with E-state index in [-0.39, 0.29) is 0 Å². The molecule has 0 spiro atoms. The second-order valence-corrected chi connectivity index (χ2v) is 6.34. The number of aromatic nitrogens is 3. The Balaban J connectivity index is 1.54. The van der Waals surface area contributed by atoms with Crippen LogP contribution in [0.5, 0.6) is 17.2 Å². The number of methoxy groups -OCH3 is 3. The van der Waals surface area contributed by atoms with Gasteiger partial charge in [0.25, 0.3) is 0 Å². The maximum absolute atomic E-state index is 5.36. The molecular formula is C22H21N5O3. The van der Waals surface area contributed by atoms with E-state index in [1.807, 2.05) is 42.5 Å². The van der Waals surface area contributed by atoms with E-state index in [1.165, 1.54) is 0 Å². The first-order valence-electron chi connectivity index (χ1n) is 9.22. The van der Waals surface area contributed by atoms with Gasteiger partial charge in [0.1, 0.15) is 17.1 Å². The van der Waals surface area contributed by atoms with E-state index in [4.69, 9.17) is 14.2 Å². The maximum Gasteiger partial charge on any atom is 0.229 e. The SMILES string of the molecule is COc1ccc(Nc2nccc(Nc3cnc4c(OC)cccc4c3)n2)cc1OC. The van der Waals surface area contributed by atoms with Crippen molar-refractivity contribution >= 4 is 34.0 Å². The van der Waals surface area contributed by atoms with Crippen LogP contribution < -0.4 is 24.8 Å². The number of hydrogen-bond donors (Lipinski definition) is 2. The van der Waals surface area contributed by atoms with Crippen molar-refractivity contribution in [2.45, 2.75) is 0 Å². The summed E-state index contributed by atoms with van der Waals surface area (Å²) in [6.07, 6.45) is 3.42. The summed E-state index contributed by atoms with van der Waals surface area (Å²) in [6.45, 7) is 0. The van der Waals surface area contributed by atoms with Crippen LogP contribution >= 0.6 is 0 Å². The van der Waals surface area contributed by atoms with Gasteiger partial charge in [-0.1, -0.05) is 12.1 Å². The summed E-state index contributed by atoms with van der Waals surface area (Å²) in [5.74, 6) is 3.09. The van der Waals surface area contributed by atoms with E-state index in [9.17, 15) is 0 Å². The number of ether oxygens (including phenoxy) is 3. The van der Waals surface area contributed by atoms with Crippen LogP contribution in [0.2, 0.25) is 0 Å². The normalized spacial score (nSPS) is 10.5. The molecule has 0 radical (unpaired) electrons. The Hall–Kier alpha value is -4.07. The molecule has 0 bridgehead atoms. The Bertz CT molecular complexity index is 1180. The summed E-state index contributed by atoms with van der Waals surface area (Å²) in [7, 11) is 4.83. The number of benzene rings is 2. The van der Waals surface area contributed by atoms with Gasteiger partial charge < -0.3 is 24.8 Å². The minimum atomic E-state index is 0.447. The highest BCUT2D eigenvalue weighted by atomic mass is 16.5. The Kier molecular flexibility index (Phi) is 5.47. The molecule has 8 heteroatoms. The van der Waals surface area contributed by atoms with Gasteiger partial charge in [0.15, 0.2) is 11.5 Å². The number of rotatable bonds is 7. The average molecular weight is 403 g/mol. The molecule has 0 aliphatic rings. The molecule has 0 aliphatic heterocycles. The number of anilines is 4. The van der Waals surface area contributed by atoms with E-state index in [0.29, 0.717) is 23.3 Å². The molecule has 0 fully saturated rings. The molecule has 2 aromatic heterocycles. The van der Waals surface area contributed by atoms with Crippen molar-refractivity contribution in [1.29, 1.82) is 0 Å². The molecule has 2 heterocycles. The number of pyridine rings is 1. The molecule has 0 aliphatic carbocycles. The third-order valence-electron chi connectivity index (χ3n) is 4.46. The number of hydrogen-bond acceptors (Lipinski definition) is 8. The Morgan fingerprint density at radius 2 is 1.57 bits per heavy atom. The zero-order chi connectivity index (χ0) is 20.9. The first kappa shape index (κ1) is 19.3. The number of para-hydroxylation sites is 1. The van der Waals surface area contributed by atoms with Crippen molar-refractivity contribution in [1.82, 2.24) is 15.0 Å². The van der Waals surface area contributed by atoms with Crippen LogP contribution in [0.25, 0.3) is 10.9 Å². The fraction of sp³-hybridized carbons (Fsp3) is 0.136. The lowest BCUT2D eigenvalue weighted by Crippen LogP contribution is -2.01. The molecular weight excluding hydrogens is 382 g/mol. The van der Waals surface area contributed by atoms with Gasteiger partial charge in [-0.25, -0.2) is 4.98 Å². The van der Waals surface area contributed by atoms with Crippen molar-refractivity contribution in [3.05, 3.63) is 60.9 Å². The molecule has 2 aromatic carbocycles. The molecule has 0 amide bonds. The molecule has 152 valence electrons. The second-order valence-electron chi connectivity index (χ2n) is 6.34. The van der Waals surface area contributed by atoms with Crippen LogP contribution in [-0.4, -0.2) is 36.3 Å². The van der Waals surface area contributed by atoms with Gasteiger partial charge in [-0.05, 0) is 30.3 Å². The average Bonchev–Trinajstić information content (AvgIpc) is 2.78. The molecule has 8 nitrogen and oxygen atoms in total. The highest BCUT2D eigenvalue weighted by molar-refractivity contribution is 5.87. The molecule has 4 rings (SSSR count). The van der Waals surface area contributed by atoms with E-state index < -0.39 is 0 Å². The van der Waals surface area contributed by atoms with E-state index in [2.05, 4.69) is 25.6 Å². The molecule has 2 N–H and O–H groups in total. The number of nitrogens with one attached hydrogen (secondary N) is 2. The highest BCUT2D eigenvalue weighted by Crippen LogP contribution is 2.31. The van der Waals surface area contributed by atoms with Gasteiger partial charge in [0, 0.05) is 23.3 Å². The third kappa shape index (κ3) is 4.02. The van der Waals surface area contributed by atoms with Gasteiger partial charge in [0.05, 0.1) is 33.2 Å². The number of nitrogens with zero attached hydrogens (tertiary/aromatic N) is 3. The predicted molar refractivity (Wildman–Crippen MR) is 116 cm³/mol. The number of fused-ring (bicyclic) bond motifs is 1. The first-order valence-corrected chi connectivity index (χ1v) is 9.22. The van der Waals surface area contributed by atoms with Crippen LogP contribution in [0.4, 0.5) is 23.1 Å². The molecule has 0 saturated heterocycles. The summed E-state index contributed by atoms with van der Waals surface area (Å²) in [5, 5.41) is 7.40. The topological polar surface area (TPSA) is 90.4 Å². The molecule has 0 unspecified atom stereocenters. The van der Waals surface area contributed by atoms with E-state index in [0.717, 1.165) is 28.0 Å². The third-order valence-corrected chi connectivity index (χ3v) is 4.46. The Labute approximate surface area is 173 Å². The molecule has 0 saturated carbocycles. The van der Waals surface area contributed by atoms with Gasteiger partial charge in [-0.2, -0.15) is 4.98 Å². The summed E-state index contributed by atoms with van der Waals surface area (Å²) in [6, 6.07) is 15.1. The van der Waals surface area contributed by atoms with Crippen molar-refractivity contribution < 1.29 is 14.2 Å². The molecule has 4 aromatic rings. The van der Waals surface area contributed by atoms with Gasteiger partial charge >= 0.3 is 0 Å². The van der Waals surface area contributed by atoms with E-state index in [1.54, 1.807) is 39.8 Å². The zero-order valence-electron chi connectivity index (χ0n) is 16.8.